The van der Waals surface area contributed by atoms with Crippen molar-refractivity contribution in [1.29, 1.82) is 0 Å². The van der Waals surface area contributed by atoms with E-state index >= 15 is 0 Å². The lowest BCUT2D eigenvalue weighted by atomic mass is 9.98. The van der Waals surface area contributed by atoms with Gasteiger partial charge < -0.3 is 9.52 Å². The van der Waals surface area contributed by atoms with Crippen molar-refractivity contribution in [2.45, 2.75) is 34.1 Å². The Bertz CT molecular complexity index is 1340. The molecule has 1 N–H and O–H groups in total. The largest absolute Gasteiger partial charge is 0.513 e. The number of hydrogen-bond donors (Lipinski definition) is 1. The van der Waals surface area contributed by atoms with Crippen LogP contribution in [0.25, 0.3) is 38.6 Å². The highest BCUT2D eigenvalue weighted by Gasteiger charge is 2.11. The Morgan fingerprint density at radius 3 is 2.11 bits per heavy atom. The first kappa shape index (κ1) is 27.2. The fourth-order valence-electron chi connectivity index (χ4n) is 3.49. The third-order valence-electron chi connectivity index (χ3n) is 5.00. The summed E-state index contributed by atoms with van der Waals surface area (Å²) in [6.45, 7) is 18.7. The fourth-order valence-corrected chi connectivity index (χ4v) is 3.49. The maximum atomic E-state index is 7.86. The molecule has 0 bridgehead atoms. The molecule has 0 fully saturated rings. The average molecular weight is 465 g/mol. The molecule has 0 saturated carbocycles. The summed E-state index contributed by atoms with van der Waals surface area (Å²) in [6, 6.07) is 23.1. The van der Waals surface area contributed by atoms with E-state index in [9.17, 15) is 0 Å². The molecule has 35 heavy (non-hydrogen) atoms. The van der Waals surface area contributed by atoms with Gasteiger partial charge in [-0.1, -0.05) is 124 Å². The van der Waals surface area contributed by atoms with Crippen LogP contribution >= 0.6 is 0 Å². The third kappa shape index (κ3) is 7.75. The van der Waals surface area contributed by atoms with Gasteiger partial charge in [0.15, 0.2) is 0 Å². The quantitative estimate of drug-likeness (QED) is 0.227. The van der Waals surface area contributed by atoms with Gasteiger partial charge in [0.05, 0.1) is 5.76 Å². The standard InChI is InChI=1S/C28H24O.C3H6O.C2H6/c1-20(2)10-5-4-6-11-21(3)22-16-18-23(19-17-22)24-13-9-14-26-25-12-7-8-15-27(25)29-28(24)26;1-3(2)4;1-2/h4-10,12-19H,1,3,11H2,2H3;4H,1H2,2H3;1-2H3/b6-4-,10-5-;;. The summed E-state index contributed by atoms with van der Waals surface area (Å²) in [4.78, 5) is 0. The highest BCUT2D eigenvalue weighted by Crippen LogP contribution is 2.35. The zero-order valence-corrected chi connectivity index (χ0v) is 21.3. The number of aliphatic hydroxyl groups excluding tert-OH is 1. The highest BCUT2D eigenvalue weighted by molar-refractivity contribution is 6.09. The van der Waals surface area contributed by atoms with Gasteiger partial charge in [0.25, 0.3) is 0 Å². The van der Waals surface area contributed by atoms with E-state index in [0.717, 1.165) is 56.2 Å². The molecule has 0 aliphatic heterocycles. The van der Waals surface area contributed by atoms with Crippen molar-refractivity contribution >= 4 is 27.5 Å². The molecule has 4 aromatic rings. The van der Waals surface area contributed by atoms with Crippen molar-refractivity contribution in [2.75, 3.05) is 0 Å². The molecule has 0 radical (unpaired) electrons. The van der Waals surface area contributed by atoms with Crippen LogP contribution in [-0.2, 0) is 0 Å². The van der Waals surface area contributed by atoms with Crippen LogP contribution in [0.3, 0.4) is 0 Å². The summed E-state index contributed by atoms with van der Waals surface area (Å²) in [6.07, 6.45) is 8.97. The summed E-state index contributed by atoms with van der Waals surface area (Å²) in [5.74, 6) is 0.167. The first-order chi connectivity index (χ1) is 16.9. The Hall–Kier alpha value is -4.04. The Morgan fingerprint density at radius 2 is 1.46 bits per heavy atom. The van der Waals surface area contributed by atoms with Gasteiger partial charge >= 0.3 is 0 Å². The van der Waals surface area contributed by atoms with Crippen molar-refractivity contribution in [3.63, 3.8) is 0 Å². The lowest BCUT2D eigenvalue weighted by Gasteiger charge is -2.06. The lowest BCUT2D eigenvalue weighted by Crippen LogP contribution is -1.84. The normalized spacial score (nSPS) is 10.6. The number of rotatable bonds is 6. The van der Waals surface area contributed by atoms with Gasteiger partial charge in [-0.05, 0) is 43.0 Å². The molecule has 0 spiro atoms. The first-order valence-corrected chi connectivity index (χ1v) is 11.9. The minimum atomic E-state index is 0.167. The molecule has 2 nitrogen and oxygen atoms in total. The Balaban J connectivity index is 0.000000655. The van der Waals surface area contributed by atoms with E-state index in [4.69, 9.17) is 9.52 Å². The zero-order valence-electron chi connectivity index (χ0n) is 21.3. The van der Waals surface area contributed by atoms with Gasteiger partial charge in [-0.25, -0.2) is 0 Å². The first-order valence-electron chi connectivity index (χ1n) is 11.9. The topological polar surface area (TPSA) is 33.4 Å². The summed E-state index contributed by atoms with van der Waals surface area (Å²) < 4.78 is 6.17. The van der Waals surface area contributed by atoms with Crippen LogP contribution in [-0.4, -0.2) is 5.11 Å². The van der Waals surface area contributed by atoms with Crippen LogP contribution in [0.15, 0.2) is 127 Å². The lowest BCUT2D eigenvalue weighted by molar-refractivity contribution is 0.417. The second kappa shape index (κ2) is 13.6. The molecular weight excluding hydrogens is 428 g/mol. The van der Waals surface area contributed by atoms with Gasteiger partial charge in [0, 0.05) is 16.3 Å². The SMILES string of the molecule is C=C(C)/C=C\C=C/CC(=C)c1ccc(-c2cccc3c2oc2ccccc23)cc1.C=C(C)O.CC. The van der Waals surface area contributed by atoms with Crippen LogP contribution in [0, 0.1) is 0 Å². The number of para-hydroxylation sites is 2. The van der Waals surface area contributed by atoms with Gasteiger partial charge in [0.2, 0.25) is 0 Å². The van der Waals surface area contributed by atoms with E-state index in [1.807, 2.05) is 57.2 Å². The van der Waals surface area contributed by atoms with E-state index in [-0.39, 0.29) is 5.76 Å². The molecule has 0 aliphatic carbocycles. The molecular formula is C33H36O2. The predicted octanol–water partition coefficient (Wildman–Crippen LogP) is 10.4. The van der Waals surface area contributed by atoms with Crippen LogP contribution in [0.1, 0.15) is 39.7 Å². The molecule has 0 amide bonds. The smallest absolute Gasteiger partial charge is 0.143 e. The fraction of sp³-hybridized carbons (Fsp3) is 0.152. The highest BCUT2D eigenvalue weighted by atomic mass is 16.3. The molecule has 0 atom stereocenters. The Kier molecular flexibility index (Phi) is 10.6. The van der Waals surface area contributed by atoms with Crippen molar-refractivity contribution < 1.29 is 9.52 Å². The van der Waals surface area contributed by atoms with Crippen LogP contribution in [0.5, 0.6) is 0 Å². The second-order valence-electron chi connectivity index (χ2n) is 8.03. The van der Waals surface area contributed by atoms with E-state index in [1.165, 1.54) is 6.92 Å². The molecule has 3 aromatic carbocycles. The average Bonchev–Trinajstić information content (AvgIpc) is 3.23. The summed E-state index contributed by atoms with van der Waals surface area (Å²) >= 11 is 0. The number of hydrogen-bond acceptors (Lipinski definition) is 2. The molecule has 0 aliphatic rings. The zero-order chi connectivity index (χ0) is 25.8. The molecule has 0 saturated heterocycles. The molecule has 0 unspecified atom stereocenters. The van der Waals surface area contributed by atoms with Crippen LogP contribution in [0.2, 0.25) is 0 Å². The molecule has 4 rings (SSSR count). The van der Waals surface area contributed by atoms with Crippen molar-refractivity contribution in [3.05, 3.63) is 128 Å². The van der Waals surface area contributed by atoms with Crippen molar-refractivity contribution in [3.8, 4) is 11.1 Å². The van der Waals surface area contributed by atoms with Gasteiger partial charge in [-0.3, -0.25) is 0 Å². The second-order valence-corrected chi connectivity index (χ2v) is 8.03. The van der Waals surface area contributed by atoms with Crippen LogP contribution < -0.4 is 0 Å². The molecule has 1 heterocycles. The maximum absolute atomic E-state index is 7.86. The van der Waals surface area contributed by atoms with Crippen LogP contribution in [0.4, 0.5) is 0 Å². The Morgan fingerprint density at radius 1 is 0.829 bits per heavy atom. The summed E-state index contributed by atoms with van der Waals surface area (Å²) in [5.41, 5.74) is 7.41. The third-order valence-corrected chi connectivity index (χ3v) is 5.00. The maximum Gasteiger partial charge on any atom is 0.143 e. The van der Waals surface area contributed by atoms with E-state index in [1.54, 1.807) is 0 Å². The number of allylic oxidation sites excluding steroid dienone is 7. The molecule has 2 heteroatoms. The van der Waals surface area contributed by atoms with E-state index in [0.29, 0.717) is 0 Å². The minimum absolute atomic E-state index is 0.167. The Labute approximate surface area is 209 Å². The molecule has 1 aromatic heterocycles. The summed E-state index contributed by atoms with van der Waals surface area (Å²) in [7, 11) is 0. The van der Waals surface area contributed by atoms with Crippen molar-refractivity contribution in [2.24, 2.45) is 0 Å². The van der Waals surface area contributed by atoms with Gasteiger partial charge in [-0.2, -0.15) is 0 Å². The molecule has 180 valence electrons. The summed E-state index contributed by atoms with van der Waals surface area (Å²) in [5, 5.41) is 10.2. The number of benzene rings is 3. The monoisotopic (exact) mass is 464 g/mol. The van der Waals surface area contributed by atoms with Crippen molar-refractivity contribution in [1.82, 2.24) is 0 Å². The number of furan rings is 1. The van der Waals surface area contributed by atoms with E-state index in [2.05, 4.69) is 74.3 Å². The van der Waals surface area contributed by atoms with Gasteiger partial charge in [0.1, 0.15) is 11.2 Å². The number of aliphatic hydroxyl groups is 1. The van der Waals surface area contributed by atoms with Gasteiger partial charge in [-0.15, -0.1) is 0 Å². The number of fused-ring (bicyclic) bond motifs is 3. The van der Waals surface area contributed by atoms with E-state index < -0.39 is 0 Å². The predicted molar refractivity (Wildman–Crippen MR) is 155 cm³/mol. The minimum Gasteiger partial charge on any atom is -0.513 e.